The Morgan fingerprint density at radius 3 is 2.33 bits per heavy atom. The summed E-state index contributed by atoms with van der Waals surface area (Å²) in [4.78, 5) is 22.7. The first-order valence-corrected chi connectivity index (χ1v) is 6.04. The van der Waals surface area contributed by atoms with E-state index in [0.717, 1.165) is 5.69 Å². The number of carboxylic acids is 1. The molecule has 0 aliphatic heterocycles. The lowest BCUT2D eigenvalue weighted by Gasteiger charge is -2.07. The summed E-state index contributed by atoms with van der Waals surface area (Å²) < 4.78 is 1.48. The average Bonchev–Trinajstić information content (AvgIpc) is 3.00. The van der Waals surface area contributed by atoms with Crippen LogP contribution in [0.15, 0.2) is 41.7 Å². The van der Waals surface area contributed by atoms with Gasteiger partial charge in [-0.2, -0.15) is 0 Å². The summed E-state index contributed by atoms with van der Waals surface area (Å²) in [5.74, 6) is -1.57. The molecule has 2 N–H and O–H groups in total. The van der Waals surface area contributed by atoms with Gasteiger partial charge in [-0.1, -0.05) is 0 Å². The molecule has 1 heterocycles. The Balaban J connectivity index is 2.12. The number of amides is 1. The number of nitrogens with zero attached hydrogens (tertiary/aromatic N) is 4. The van der Waals surface area contributed by atoms with E-state index in [9.17, 15) is 9.59 Å². The van der Waals surface area contributed by atoms with Crippen LogP contribution in [0.25, 0.3) is 5.69 Å². The highest BCUT2D eigenvalue weighted by atomic mass is 16.4. The van der Waals surface area contributed by atoms with Gasteiger partial charge in [-0.05, 0) is 48.5 Å². The van der Waals surface area contributed by atoms with Crippen LogP contribution in [0.2, 0.25) is 0 Å². The monoisotopic (exact) mass is 287 g/mol. The molecule has 1 aromatic heterocycles. The van der Waals surface area contributed by atoms with Crippen molar-refractivity contribution >= 4 is 17.6 Å². The number of rotatable bonds is 4. The summed E-state index contributed by atoms with van der Waals surface area (Å²) in [5, 5.41) is 22.3. The Bertz CT molecular complexity index is 689. The van der Waals surface area contributed by atoms with E-state index in [-0.39, 0.29) is 11.1 Å². The largest absolute Gasteiger partial charge is 0.478 e. The minimum Gasteiger partial charge on any atom is -0.478 e. The number of carbonyl (C=O) groups excluding carboxylic acids is 1. The standard InChI is InChI=1S/C13H13N5O3/c1-8(9(2)13(20)21)12(19)15-10-3-5-11(6-4-10)18-7-14-16-17-18/h3-7H,1-2H3,(H,15,19)(H,20,21). The maximum atomic E-state index is 11.9. The number of nitrogens with one attached hydrogen (secondary N) is 1. The Labute approximate surface area is 120 Å². The number of aliphatic carboxylic acids is 1. The second-order valence-corrected chi connectivity index (χ2v) is 4.31. The molecule has 0 atom stereocenters. The summed E-state index contributed by atoms with van der Waals surface area (Å²) in [6.45, 7) is 2.85. The molecule has 0 saturated heterocycles. The van der Waals surface area contributed by atoms with E-state index >= 15 is 0 Å². The van der Waals surface area contributed by atoms with Gasteiger partial charge in [0.15, 0.2) is 0 Å². The van der Waals surface area contributed by atoms with Gasteiger partial charge < -0.3 is 10.4 Å². The zero-order valence-electron chi connectivity index (χ0n) is 11.4. The number of hydrogen-bond acceptors (Lipinski definition) is 5. The van der Waals surface area contributed by atoms with Crippen LogP contribution < -0.4 is 5.32 Å². The normalized spacial score (nSPS) is 11.7. The first kappa shape index (κ1) is 14.4. The smallest absolute Gasteiger partial charge is 0.331 e. The second-order valence-electron chi connectivity index (χ2n) is 4.31. The number of carboxylic acid groups (broad SMARTS) is 1. The predicted molar refractivity (Wildman–Crippen MR) is 73.8 cm³/mol. The van der Waals surface area contributed by atoms with Crippen molar-refractivity contribution in [3.63, 3.8) is 0 Å². The Morgan fingerprint density at radius 2 is 1.81 bits per heavy atom. The van der Waals surface area contributed by atoms with Crippen LogP contribution in [0.3, 0.4) is 0 Å². The Morgan fingerprint density at radius 1 is 1.14 bits per heavy atom. The molecule has 0 aliphatic carbocycles. The highest BCUT2D eigenvalue weighted by Crippen LogP contribution is 2.14. The van der Waals surface area contributed by atoms with Crippen LogP contribution in [0.5, 0.6) is 0 Å². The van der Waals surface area contributed by atoms with Crippen LogP contribution in [-0.4, -0.2) is 37.2 Å². The zero-order valence-corrected chi connectivity index (χ0v) is 11.4. The van der Waals surface area contributed by atoms with Crippen molar-refractivity contribution in [3.8, 4) is 5.69 Å². The van der Waals surface area contributed by atoms with Gasteiger partial charge in [0.25, 0.3) is 5.91 Å². The molecule has 8 heteroatoms. The molecular weight excluding hydrogens is 274 g/mol. The number of carbonyl (C=O) groups is 2. The van der Waals surface area contributed by atoms with Crippen LogP contribution in [0.4, 0.5) is 5.69 Å². The van der Waals surface area contributed by atoms with Crippen molar-refractivity contribution in [3.05, 3.63) is 41.7 Å². The van der Waals surface area contributed by atoms with Gasteiger partial charge >= 0.3 is 5.97 Å². The summed E-state index contributed by atoms with van der Waals surface area (Å²) in [7, 11) is 0. The minimum atomic E-state index is -1.11. The summed E-state index contributed by atoms with van der Waals surface area (Å²) in [6.07, 6.45) is 1.46. The van der Waals surface area contributed by atoms with E-state index in [0.29, 0.717) is 5.69 Å². The first-order chi connectivity index (χ1) is 9.99. The third kappa shape index (κ3) is 3.30. The quantitative estimate of drug-likeness (QED) is 0.812. The van der Waals surface area contributed by atoms with E-state index < -0.39 is 11.9 Å². The maximum Gasteiger partial charge on any atom is 0.331 e. The fourth-order valence-corrected chi connectivity index (χ4v) is 1.53. The van der Waals surface area contributed by atoms with Gasteiger partial charge in [0.2, 0.25) is 0 Å². The van der Waals surface area contributed by atoms with Crippen molar-refractivity contribution in [2.75, 3.05) is 5.32 Å². The molecule has 8 nitrogen and oxygen atoms in total. The van der Waals surface area contributed by atoms with Crippen LogP contribution in [0.1, 0.15) is 13.8 Å². The lowest BCUT2D eigenvalue weighted by atomic mass is 10.1. The molecule has 2 aromatic rings. The number of anilines is 1. The summed E-state index contributed by atoms with van der Waals surface area (Å²) in [5.41, 5.74) is 1.46. The van der Waals surface area contributed by atoms with Gasteiger partial charge in [0.05, 0.1) is 5.69 Å². The van der Waals surface area contributed by atoms with Crippen LogP contribution in [-0.2, 0) is 9.59 Å². The van der Waals surface area contributed by atoms with Gasteiger partial charge in [0.1, 0.15) is 6.33 Å². The number of hydrogen-bond donors (Lipinski definition) is 2. The van der Waals surface area contributed by atoms with Crippen LogP contribution in [0, 0.1) is 0 Å². The zero-order chi connectivity index (χ0) is 15.4. The van der Waals surface area contributed by atoms with Gasteiger partial charge in [-0.15, -0.1) is 5.10 Å². The maximum absolute atomic E-state index is 11.9. The van der Waals surface area contributed by atoms with Crippen molar-refractivity contribution in [2.45, 2.75) is 13.8 Å². The summed E-state index contributed by atoms with van der Waals surface area (Å²) >= 11 is 0. The Hall–Kier alpha value is -3.03. The fourth-order valence-electron chi connectivity index (χ4n) is 1.53. The molecule has 0 saturated carbocycles. The molecule has 0 unspecified atom stereocenters. The molecule has 21 heavy (non-hydrogen) atoms. The van der Waals surface area contributed by atoms with E-state index in [2.05, 4.69) is 20.8 Å². The minimum absolute atomic E-state index is 0.0119. The summed E-state index contributed by atoms with van der Waals surface area (Å²) in [6, 6.07) is 6.82. The highest BCUT2D eigenvalue weighted by molar-refractivity contribution is 6.08. The second kappa shape index (κ2) is 5.95. The third-order valence-electron chi connectivity index (χ3n) is 2.96. The van der Waals surface area contributed by atoms with E-state index in [4.69, 9.17) is 5.11 Å². The SMILES string of the molecule is CC(C(=O)O)=C(C)C(=O)Nc1ccc(-n2cnnn2)cc1. The van der Waals surface area contributed by atoms with Gasteiger partial charge in [0, 0.05) is 16.8 Å². The third-order valence-corrected chi connectivity index (χ3v) is 2.96. The molecule has 1 aromatic carbocycles. The lowest BCUT2D eigenvalue weighted by Crippen LogP contribution is -2.16. The average molecular weight is 287 g/mol. The lowest BCUT2D eigenvalue weighted by molar-refractivity contribution is -0.133. The highest BCUT2D eigenvalue weighted by Gasteiger charge is 2.12. The van der Waals surface area contributed by atoms with E-state index in [1.165, 1.54) is 24.9 Å². The number of aromatic nitrogens is 4. The van der Waals surface area contributed by atoms with Crippen molar-refractivity contribution in [1.29, 1.82) is 0 Å². The van der Waals surface area contributed by atoms with Gasteiger partial charge in [-0.25, -0.2) is 9.48 Å². The number of benzene rings is 1. The first-order valence-electron chi connectivity index (χ1n) is 6.04. The topological polar surface area (TPSA) is 110 Å². The Kier molecular flexibility index (Phi) is 4.07. The molecule has 0 fully saturated rings. The van der Waals surface area contributed by atoms with E-state index in [1.807, 2.05) is 0 Å². The van der Waals surface area contributed by atoms with Crippen molar-refractivity contribution < 1.29 is 14.7 Å². The molecule has 0 spiro atoms. The molecule has 0 bridgehead atoms. The fraction of sp³-hybridized carbons (Fsp3) is 0.154. The molecule has 0 radical (unpaired) electrons. The van der Waals surface area contributed by atoms with E-state index in [1.54, 1.807) is 24.3 Å². The molecular formula is C13H13N5O3. The van der Waals surface area contributed by atoms with Gasteiger partial charge in [-0.3, -0.25) is 4.79 Å². The molecule has 108 valence electrons. The molecule has 0 aliphatic rings. The number of tetrazole rings is 1. The van der Waals surface area contributed by atoms with Crippen molar-refractivity contribution in [2.24, 2.45) is 0 Å². The van der Waals surface area contributed by atoms with Crippen LogP contribution >= 0.6 is 0 Å². The predicted octanol–water partition coefficient (Wildman–Crippen LogP) is 1.02. The molecule has 1 amide bonds. The molecule has 2 rings (SSSR count). The van der Waals surface area contributed by atoms with Crippen molar-refractivity contribution in [1.82, 2.24) is 20.2 Å².